The van der Waals surface area contributed by atoms with Gasteiger partial charge in [-0.25, -0.2) is 0 Å². The van der Waals surface area contributed by atoms with Crippen LogP contribution < -0.4 is 5.32 Å². The first-order valence-electron chi connectivity index (χ1n) is 5.24. The number of hydrogen-bond donors (Lipinski definition) is 3. The third-order valence-corrected chi connectivity index (χ3v) is 2.78. The number of phenolic OH excluding ortho intramolecular Hbond substituents is 1. The quantitative estimate of drug-likeness (QED) is 0.743. The number of hydrogen-bond acceptors (Lipinski definition) is 3. The maximum atomic E-state index is 9.60. The summed E-state index contributed by atoms with van der Waals surface area (Å²) in [6, 6.07) is 5.06. The number of nitrogens with one attached hydrogen (secondary N) is 1. The Kier molecular flexibility index (Phi) is 4.59. The van der Waals surface area contributed by atoms with Crippen LogP contribution in [-0.4, -0.2) is 23.4 Å². The van der Waals surface area contributed by atoms with E-state index in [1.807, 2.05) is 13.8 Å². The molecule has 0 bridgehead atoms. The summed E-state index contributed by atoms with van der Waals surface area (Å²) in [7, 11) is 0. The highest BCUT2D eigenvalue weighted by atomic mass is 35.5. The van der Waals surface area contributed by atoms with Crippen LogP contribution in [-0.2, 0) is 6.54 Å². The molecule has 0 fully saturated rings. The fourth-order valence-corrected chi connectivity index (χ4v) is 1.54. The van der Waals surface area contributed by atoms with Crippen molar-refractivity contribution >= 4 is 11.6 Å². The lowest BCUT2D eigenvalue weighted by Crippen LogP contribution is -2.31. The average Bonchev–Trinajstić information content (AvgIpc) is 2.22. The number of aromatic hydroxyl groups is 1. The van der Waals surface area contributed by atoms with E-state index in [-0.39, 0.29) is 17.8 Å². The molecule has 0 aromatic heterocycles. The van der Waals surface area contributed by atoms with Crippen LogP contribution in [0.5, 0.6) is 5.75 Å². The molecule has 90 valence electrons. The van der Waals surface area contributed by atoms with E-state index >= 15 is 0 Å². The molecule has 3 nitrogen and oxygen atoms in total. The number of rotatable bonds is 5. The lowest BCUT2D eigenvalue weighted by Gasteiger charge is -2.22. The Hall–Kier alpha value is -0.770. The van der Waals surface area contributed by atoms with Gasteiger partial charge in [0.2, 0.25) is 0 Å². The summed E-state index contributed by atoms with van der Waals surface area (Å²) in [6.07, 6.45) is 0. The first kappa shape index (κ1) is 13.3. The van der Waals surface area contributed by atoms with Crippen LogP contribution in [0.2, 0.25) is 5.02 Å². The lowest BCUT2D eigenvalue weighted by atomic mass is 9.95. The Morgan fingerprint density at radius 3 is 2.62 bits per heavy atom. The minimum absolute atomic E-state index is 0.120. The van der Waals surface area contributed by atoms with Crippen LogP contribution in [0.4, 0.5) is 0 Å². The van der Waals surface area contributed by atoms with E-state index in [1.54, 1.807) is 18.2 Å². The van der Waals surface area contributed by atoms with Gasteiger partial charge in [0.25, 0.3) is 0 Å². The zero-order chi connectivity index (χ0) is 12.2. The van der Waals surface area contributed by atoms with Gasteiger partial charge in [0.1, 0.15) is 5.75 Å². The summed E-state index contributed by atoms with van der Waals surface area (Å²) in [4.78, 5) is 0. The van der Waals surface area contributed by atoms with Crippen molar-refractivity contribution in [1.82, 2.24) is 5.32 Å². The molecule has 3 N–H and O–H groups in total. The van der Waals surface area contributed by atoms with Gasteiger partial charge in [-0.05, 0) is 12.1 Å². The fourth-order valence-electron chi connectivity index (χ4n) is 1.30. The molecule has 16 heavy (non-hydrogen) atoms. The van der Waals surface area contributed by atoms with E-state index in [0.29, 0.717) is 23.7 Å². The Morgan fingerprint density at radius 2 is 2.06 bits per heavy atom. The number of aliphatic hydroxyl groups is 1. The molecule has 0 saturated heterocycles. The maximum Gasteiger partial charge on any atom is 0.121 e. The van der Waals surface area contributed by atoms with Crippen molar-refractivity contribution in [1.29, 1.82) is 0 Å². The minimum atomic E-state index is -0.170. The molecule has 1 aromatic carbocycles. The normalized spacial score (nSPS) is 11.8. The second kappa shape index (κ2) is 5.53. The van der Waals surface area contributed by atoms with Crippen molar-refractivity contribution in [3.05, 3.63) is 28.8 Å². The molecule has 0 heterocycles. The first-order valence-corrected chi connectivity index (χ1v) is 5.62. The van der Waals surface area contributed by atoms with Gasteiger partial charge in [-0.15, -0.1) is 0 Å². The molecular weight excluding hydrogens is 226 g/mol. The van der Waals surface area contributed by atoms with Gasteiger partial charge < -0.3 is 15.5 Å². The Morgan fingerprint density at radius 1 is 1.38 bits per heavy atom. The highest BCUT2D eigenvalue weighted by Gasteiger charge is 2.16. The number of benzene rings is 1. The first-order chi connectivity index (χ1) is 7.46. The van der Waals surface area contributed by atoms with Crippen molar-refractivity contribution in [3.63, 3.8) is 0 Å². The molecule has 1 rings (SSSR count). The average molecular weight is 244 g/mol. The summed E-state index contributed by atoms with van der Waals surface area (Å²) in [5.41, 5.74) is 0.523. The molecular formula is C12H18ClNO2. The molecule has 0 amide bonds. The molecule has 4 heteroatoms. The molecule has 0 aliphatic heterocycles. The SMILES string of the molecule is CC(C)(CO)CNCc1c(O)cccc1Cl. The Balaban J connectivity index is 2.56. The molecule has 0 radical (unpaired) electrons. The van der Waals surface area contributed by atoms with Gasteiger partial charge in [-0.3, -0.25) is 0 Å². The van der Waals surface area contributed by atoms with E-state index in [9.17, 15) is 5.11 Å². The molecule has 0 spiro atoms. The second-order valence-electron chi connectivity index (χ2n) is 4.66. The highest BCUT2D eigenvalue weighted by molar-refractivity contribution is 6.31. The van der Waals surface area contributed by atoms with Gasteiger partial charge in [0, 0.05) is 35.7 Å². The number of aliphatic hydroxyl groups excluding tert-OH is 1. The predicted octanol–water partition coefficient (Wildman–Crippen LogP) is 2.15. The molecule has 0 atom stereocenters. The third-order valence-electron chi connectivity index (χ3n) is 2.43. The summed E-state index contributed by atoms with van der Waals surface area (Å²) < 4.78 is 0. The van der Waals surface area contributed by atoms with E-state index in [4.69, 9.17) is 16.7 Å². The third kappa shape index (κ3) is 3.67. The smallest absolute Gasteiger partial charge is 0.121 e. The lowest BCUT2D eigenvalue weighted by molar-refractivity contribution is 0.156. The van der Waals surface area contributed by atoms with Gasteiger partial charge in [-0.1, -0.05) is 31.5 Å². The highest BCUT2D eigenvalue weighted by Crippen LogP contribution is 2.25. The van der Waals surface area contributed by atoms with E-state index < -0.39 is 0 Å². The van der Waals surface area contributed by atoms with Crippen LogP contribution in [0.3, 0.4) is 0 Å². The van der Waals surface area contributed by atoms with E-state index in [0.717, 1.165) is 0 Å². The molecule has 0 saturated carbocycles. The summed E-state index contributed by atoms with van der Waals surface area (Å²) in [5, 5.41) is 22.4. The molecule has 1 aromatic rings. The minimum Gasteiger partial charge on any atom is -0.508 e. The van der Waals surface area contributed by atoms with Crippen molar-refractivity contribution in [3.8, 4) is 5.75 Å². The largest absolute Gasteiger partial charge is 0.508 e. The van der Waals surface area contributed by atoms with Crippen molar-refractivity contribution in [2.75, 3.05) is 13.2 Å². The van der Waals surface area contributed by atoms with Crippen LogP contribution in [0.15, 0.2) is 18.2 Å². The van der Waals surface area contributed by atoms with E-state index in [2.05, 4.69) is 5.32 Å². The van der Waals surface area contributed by atoms with Crippen LogP contribution in [0, 0.1) is 5.41 Å². The monoisotopic (exact) mass is 243 g/mol. The molecule has 0 aliphatic rings. The second-order valence-corrected chi connectivity index (χ2v) is 5.07. The van der Waals surface area contributed by atoms with Gasteiger partial charge in [0.05, 0.1) is 0 Å². The molecule has 0 aliphatic carbocycles. The molecule has 0 unspecified atom stereocenters. The fraction of sp³-hybridized carbons (Fsp3) is 0.500. The topological polar surface area (TPSA) is 52.5 Å². The van der Waals surface area contributed by atoms with Crippen molar-refractivity contribution in [2.24, 2.45) is 5.41 Å². The van der Waals surface area contributed by atoms with E-state index in [1.165, 1.54) is 0 Å². The van der Waals surface area contributed by atoms with Crippen LogP contribution >= 0.6 is 11.6 Å². The summed E-state index contributed by atoms with van der Waals surface area (Å²) in [5.74, 6) is 0.196. The standard InChI is InChI=1S/C12H18ClNO2/c1-12(2,8-15)7-14-6-9-10(13)4-3-5-11(9)16/h3-5,14-16H,6-8H2,1-2H3. The number of halogens is 1. The Bertz CT molecular complexity index is 333. The van der Waals surface area contributed by atoms with Crippen molar-refractivity contribution < 1.29 is 10.2 Å². The van der Waals surface area contributed by atoms with Gasteiger partial charge in [0.15, 0.2) is 0 Å². The van der Waals surface area contributed by atoms with Crippen LogP contribution in [0.1, 0.15) is 19.4 Å². The van der Waals surface area contributed by atoms with Crippen LogP contribution in [0.25, 0.3) is 0 Å². The van der Waals surface area contributed by atoms with Crippen molar-refractivity contribution in [2.45, 2.75) is 20.4 Å². The Labute approximate surface area is 101 Å². The predicted molar refractivity (Wildman–Crippen MR) is 65.7 cm³/mol. The maximum absolute atomic E-state index is 9.60. The number of phenols is 1. The zero-order valence-electron chi connectivity index (χ0n) is 9.63. The van der Waals surface area contributed by atoms with Gasteiger partial charge >= 0.3 is 0 Å². The summed E-state index contributed by atoms with van der Waals surface area (Å²) >= 11 is 5.96. The van der Waals surface area contributed by atoms with Gasteiger partial charge in [-0.2, -0.15) is 0 Å². The summed E-state index contributed by atoms with van der Waals surface area (Å²) in [6.45, 7) is 5.20. The zero-order valence-corrected chi connectivity index (χ0v) is 10.4.